The molecule has 1 heterocycles. The highest BCUT2D eigenvalue weighted by Crippen LogP contribution is 2.38. The molecule has 0 saturated heterocycles. The first-order valence-corrected chi connectivity index (χ1v) is 10.4. The van der Waals surface area contributed by atoms with Crippen molar-refractivity contribution in [3.63, 3.8) is 0 Å². The molecule has 1 aromatic heterocycles. The van der Waals surface area contributed by atoms with Crippen LogP contribution >= 0.6 is 0 Å². The van der Waals surface area contributed by atoms with Crippen molar-refractivity contribution in [2.45, 2.75) is 6.61 Å². The fourth-order valence-electron chi connectivity index (χ4n) is 3.57. The number of aromatic nitrogens is 1. The first-order valence-electron chi connectivity index (χ1n) is 10.4. The zero-order valence-electron chi connectivity index (χ0n) is 18.8. The molecule has 1 N–H and O–H groups in total. The number of rotatable bonds is 9. The lowest BCUT2D eigenvalue weighted by atomic mass is 10.1. The lowest BCUT2D eigenvalue weighted by molar-refractivity contribution is 0.104. The Morgan fingerprint density at radius 3 is 2.30 bits per heavy atom. The Labute approximate surface area is 192 Å². The van der Waals surface area contributed by atoms with E-state index in [2.05, 4.69) is 4.98 Å². The maximum Gasteiger partial charge on any atom is 0.203 e. The van der Waals surface area contributed by atoms with Crippen molar-refractivity contribution >= 4 is 22.8 Å². The Balaban J connectivity index is 1.56. The molecule has 0 radical (unpaired) electrons. The molecule has 0 aliphatic heterocycles. The molecule has 0 amide bonds. The highest BCUT2D eigenvalue weighted by atomic mass is 16.5. The molecule has 0 spiro atoms. The zero-order chi connectivity index (χ0) is 23.2. The summed E-state index contributed by atoms with van der Waals surface area (Å²) in [5, 5.41) is 0.967. The Bertz CT molecular complexity index is 1270. The Morgan fingerprint density at radius 1 is 0.909 bits per heavy atom. The largest absolute Gasteiger partial charge is 0.493 e. The fraction of sp³-hybridized carbons (Fsp3) is 0.148. The van der Waals surface area contributed by atoms with Gasteiger partial charge < -0.3 is 23.9 Å². The summed E-state index contributed by atoms with van der Waals surface area (Å²) in [7, 11) is 4.56. The molecule has 0 aliphatic rings. The number of carbonyl (C=O) groups is 1. The van der Waals surface area contributed by atoms with Gasteiger partial charge in [-0.25, -0.2) is 0 Å². The van der Waals surface area contributed by atoms with Gasteiger partial charge in [-0.15, -0.1) is 0 Å². The maximum atomic E-state index is 12.9. The molecule has 168 valence electrons. The third kappa shape index (κ3) is 4.85. The van der Waals surface area contributed by atoms with Gasteiger partial charge in [-0.3, -0.25) is 4.79 Å². The minimum atomic E-state index is -0.180. The summed E-state index contributed by atoms with van der Waals surface area (Å²) in [6, 6.07) is 19.1. The van der Waals surface area contributed by atoms with Gasteiger partial charge in [0.1, 0.15) is 12.4 Å². The number of benzene rings is 3. The normalized spacial score (nSPS) is 11.0. The summed E-state index contributed by atoms with van der Waals surface area (Å²) in [5.74, 6) is 1.89. The third-order valence-corrected chi connectivity index (χ3v) is 5.30. The summed E-state index contributed by atoms with van der Waals surface area (Å²) < 4.78 is 22.0. The van der Waals surface area contributed by atoms with Crippen LogP contribution < -0.4 is 18.9 Å². The average molecular weight is 443 g/mol. The highest BCUT2D eigenvalue weighted by molar-refractivity contribution is 6.08. The summed E-state index contributed by atoms with van der Waals surface area (Å²) in [5.41, 5.74) is 3.38. The van der Waals surface area contributed by atoms with Crippen LogP contribution in [0.3, 0.4) is 0 Å². The van der Waals surface area contributed by atoms with Crippen LogP contribution in [0, 0.1) is 0 Å². The number of ether oxygens (including phenoxy) is 4. The Kier molecular flexibility index (Phi) is 6.64. The molecule has 0 atom stereocenters. The number of nitrogens with one attached hydrogen (secondary N) is 1. The van der Waals surface area contributed by atoms with Crippen LogP contribution in [-0.2, 0) is 6.61 Å². The number of aromatic amines is 1. The van der Waals surface area contributed by atoms with E-state index in [1.807, 2.05) is 54.7 Å². The van der Waals surface area contributed by atoms with E-state index in [-0.39, 0.29) is 5.78 Å². The molecule has 6 heteroatoms. The SMILES string of the molecule is COc1cc(C(=O)C=Cc2c[nH]c3ccc(OCc4ccccc4)cc23)cc(OC)c1OC. The van der Waals surface area contributed by atoms with Crippen molar-refractivity contribution in [2.24, 2.45) is 0 Å². The van der Waals surface area contributed by atoms with Crippen LogP contribution in [0.15, 0.2) is 72.9 Å². The number of fused-ring (bicyclic) bond motifs is 1. The standard InChI is InChI=1S/C27H25NO5/c1-30-25-13-20(14-26(31-2)27(25)32-3)24(29)12-9-19-16-28-23-11-10-21(15-22(19)23)33-17-18-7-5-4-6-8-18/h4-16,28H,17H2,1-3H3. The number of allylic oxidation sites excluding steroid dienone is 1. The summed E-state index contributed by atoms with van der Waals surface area (Å²) in [6.07, 6.45) is 5.18. The van der Waals surface area contributed by atoms with Crippen LogP contribution in [0.25, 0.3) is 17.0 Å². The van der Waals surface area contributed by atoms with Gasteiger partial charge in [-0.1, -0.05) is 30.3 Å². The van der Waals surface area contributed by atoms with E-state index in [0.29, 0.717) is 29.4 Å². The van der Waals surface area contributed by atoms with Gasteiger partial charge in [0.2, 0.25) is 5.75 Å². The van der Waals surface area contributed by atoms with Crippen molar-refractivity contribution in [2.75, 3.05) is 21.3 Å². The molecule has 3 aromatic carbocycles. The number of hydrogen-bond donors (Lipinski definition) is 1. The summed E-state index contributed by atoms with van der Waals surface area (Å²) >= 11 is 0. The van der Waals surface area contributed by atoms with E-state index in [1.54, 1.807) is 18.2 Å². The van der Waals surface area contributed by atoms with Crippen LogP contribution in [0.4, 0.5) is 0 Å². The molecule has 4 rings (SSSR count). The lowest BCUT2D eigenvalue weighted by Gasteiger charge is -2.13. The Hall–Kier alpha value is -4.19. The van der Waals surface area contributed by atoms with E-state index in [4.69, 9.17) is 18.9 Å². The van der Waals surface area contributed by atoms with E-state index in [9.17, 15) is 4.79 Å². The van der Waals surface area contributed by atoms with Crippen LogP contribution in [0.1, 0.15) is 21.5 Å². The van der Waals surface area contributed by atoms with Crippen molar-refractivity contribution in [3.8, 4) is 23.0 Å². The molecular formula is C27H25NO5. The minimum absolute atomic E-state index is 0.180. The molecule has 33 heavy (non-hydrogen) atoms. The van der Waals surface area contributed by atoms with Crippen molar-refractivity contribution in [3.05, 3.63) is 89.6 Å². The number of hydrogen-bond acceptors (Lipinski definition) is 5. The zero-order valence-corrected chi connectivity index (χ0v) is 18.8. The van der Waals surface area contributed by atoms with E-state index in [1.165, 1.54) is 27.4 Å². The Morgan fingerprint density at radius 2 is 1.64 bits per heavy atom. The second-order valence-corrected chi connectivity index (χ2v) is 7.34. The van der Waals surface area contributed by atoms with Gasteiger partial charge >= 0.3 is 0 Å². The summed E-state index contributed by atoms with van der Waals surface area (Å²) in [6.45, 7) is 0.488. The molecule has 0 saturated carbocycles. The van der Waals surface area contributed by atoms with Crippen LogP contribution in [0.2, 0.25) is 0 Å². The first-order chi connectivity index (χ1) is 16.1. The van der Waals surface area contributed by atoms with E-state index < -0.39 is 0 Å². The fourth-order valence-corrected chi connectivity index (χ4v) is 3.57. The van der Waals surface area contributed by atoms with Crippen LogP contribution in [-0.4, -0.2) is 32.1 Å². The molecule has 0 fully saturated rings. The second-order valence-electron chi connectivity index (χ2n) is 7.34. The van der Waals surface area contributed by atoms with E-state index >= 15 is 0 Å². The van der Waals surface area contributed by atoms with Gasteiger partial charge in [0.05, 0.1) is 21.3 Å². The van der Waals surface area contributed by atoms with E-state index in [0.717, 1.165) is 27.8 Å². The molecule has 0 unspecified atom stereocenters. The van der Waals surface area contributed by atoms with Crippen molar-refractivity contribution < 1.29 is 23.7 Å². The highest BCUT2D eigenvalue weighted by Gasteiger charge is 2.16. The number of H-pyrrole nitrogens is 1. The molecule has 0 aliphatic carbocycles. The predicted molar refractivity (Wildman–Crippen MR) is 129 cm³/mol. The van der Waals surface area contributed by atoms with Gasteiger partial charge in [-0.2, -0.15) is 0 Å². The van der Waals surface area contributed by atoms with Crippen LogP contribution in [0.5, 0.6) is 23.0 Å². The van der Waals surface area contributed by atoms with Gasteiger partial charge in [0.15, 0.2) is 17.3 Å². The van der Waals surface area contributed by atoms with Gasteiger partial charge in [-0.05, 0) is 48.0 Å². The molecule has 0 bridgehead atoms. The first kappa shape index (κ1) is 22.0. The molecular weight excluding hydrogens is 418 g/mol. The monoisotopic (exact) mass is 443 g/mol. The minimum Gasteiger partial charge on any atom is -0.493 e. The number of methoxy groups -OCH3 is 3. The molecule has 4 aromatic rings. The average Bonchev–Trinajstić information content (AvgIpc) is 3.27. The smallest absolute Gasteiger partial charge is 0.203 e. The maximum absolute atomic E-state index is 12.9. The summed E-state index contributed by atoms with van der Waals surface area (Å²) in [4.78, 5) is 16.1. The predicted octanol–water partition coefficient (Wildman–Crippen LogP) is 5.67. The number of carbonyl (C=O) groups excluding carboxylic acids is 1. The lowest BCUT2D eigenvalue weighted by Crippen LogP contribution is -2.00. The quantitative estimate of drug-likeness (QED) is 0.267. The number of ketones is 1. The van der Waals surface area contributed by atoms with Crippen molar-refractivity contribution in [1.29, 1.82) is 0 Å². The van der Waals surface area contributed by atoms with Gasteiger partial charge in [0.25, 0.3) is 0 Å². The van der Waals surface area contributed by atoms with Crippen molar-refractivity contribution in [1.82, 2.24) is 4.98 Å². The second kappa shape index (κ2) is 9.96. The van der Waals surface area contributed by atoms with Gasteiger partial charge in [0, 0.05) is 28.2 Å². The topological polar surface area (TPSA) is 69.8 Å². The molecule has 6 nitrogen and oxygen atoms in total. The third-order valence-electron chi connectivity index (χ3n) is 5.30.